The molecule has 0 aromatic heterocycles. The van der Waals surface area contributed by atoms with Crippen LogP contribution in [0, 0.1) is 5.92 Å². The van der Waals surface area contributed by atoms with Gasteiger partial charge in [0, 0.05) is 16.7 Å². The van der Waals surface area contributed by atoms with Crippen LogP contribution in [0.3, 0.4) is 0 Å². The molecule has 0 atom stereocenters. The van der Waals surface area contributed by atoms with E-state index in [2.05, 4.69) is 0 Å². The van der Waals surface area contributed by atoms with Crippen LogP contribution in [0.25, 0.3) is 0 Å². The topological polar surface area (TPSA) is 51.2 Å². The first-order valence-corrected chi connectivity index (χ1v) is 6.22. The molecule has 0 spiro atoms. The Balaban J connectivity index is 3.60. The Morgan fingerprint density at radius 3 is 1.47 bits per heavy atom. The lowest BCUT2D eigenvalue weighted by Gasteiger charge is -2.15. The van der Waals surface area contributed by atoms with E-state index in [1.165, 1.54) is 20.8 Å². The molecule has 0 aliphatic rings. The highest BCUT2D eigenvalue weighted by molar-refractivity contribution is 6.06. The summed E-state index contributed by atoms with van der Waals surface area (Å²) in [5, 5.41) is 0. The van der Waals surface area contributed by atoms with Crippen molar-refractivity contribution in [2.75, 3.05) is 0 Å². The Morgan fingerprint density at radius 1 is 0.789 bits per heavy atom. The Morgan fingerprint density at radius 2 is 1.21 bits per heavy atom. The number of hydrogen-bond donors (Lipinski definition) is 0. The van der Waals surface area contributed by atoms with Crippen LogP contribution < -0.4 is 0 Å². The van der Waals surface area contributed by atoms with Gasteiger partial charge in [0.15, 0.2) is 17.3 Å². The van der Waals surface area contributed by atoms with Gasteiger partial charge in [-0.2, -0.15) is 0 Å². The summed E-state index contributed by atoms with van der Waals surface area (Å²) in [7, 11) is 0. The number of rotatable bonds is 5. The molecule has 0 N–H and O–H groups in total. The van der Waals surface area contributed by atoms with Crippen LogP contribution in [0.4, 0.5) is 0 Å². The molecule has 1 aromatic rings. The molecule has 0 aliphatic carbocycles. The Labute approximate surface area is 114 Å². The fourth-order valence-corrected chi connectivity index (χ4v) is 2.05. The van der Waals surface area contributed by atoms with Crippen molar-refractivity contribution in [1.29, 1.82) is 0 Å². The fraction of sp³-hybridized carbons (Fsp3) is 0.375. The minimum Gasteiger partial charge on any atom is -0.295 e. The van der Waals surface area contributed by atoms with E-state index in [-0.39, 0.29) is 17.3 Å². The van der Waals surface area contributed by atoms with E-state index in [1.807, 2.05) is 13.8 Å². The normalized spacial score (nSPS) is 10.6. The molecule has 19 heavy (non-hydrogen) atoms. The predicted octanol–water partition coefficient (Wildman–Crippen LogP) is 3.45. The van der Waals surface area contributed by atoms with Gasteiger partial charge < -0.3 is 0 Å². The molecule has 3 nitrogen and oxygen atoms in total. The number of Topliss-reactive ketones (excluding diaryl/α,β-unsaturated/α-hetero) is 3. The average Bonchev–Trinajstić information content (AvgIpc) is 2.27. The molecule has 0 amide bonds. The summed E-state index contributed by atoms with van der Waals surface area (Å²) >= 11 is 0. The minimum absolute atomic E-state index is 0.123. The summed E-state index contributed by atoms with van der Waals surface area (Å²) in [6.07, 6.45) is 0.571. The molecule has 0 bridgehead atoms. The molecule has 0 unspecified atom stereocenters. The molecule has 1 radical (unpaired) electrons. The van der Waals surface area contributed by atoms with E-state index in [1.54, 1.807) is 12.1 Å². The van der Waals surface area contributed by atoms with E-state index in [0.717, 1.165) is 11.5 Å². The molecule has 3 heteroatoms. The number of benzene rings is 1. The van der Waals surface area contributed by atoms with Crippen molar-refractivity contribution in [1.82, 2.24) is 0 Å². The third kappa shape index (κ3) is 3.60. The summed E-state index contributed by atoms with van der Waals surface area (Å²) in [5.74, 6) is 0.720. The molecule has 0 aliphatic heterocycles. The van der Waals surface area contributed by atoms with Crippen LogP contribution in [-0.2, 0) is 6.42 Å². The van der Waals surface area contributed by atoms with Crippen LogP contribution in [-0.4, -0.2) is 17.3 Å². The lowest BCUT2D eigenvalue weighted by Crippen LogP contribution is -2.12. The molecular formula is C16H19O3. The lowest BCUT2D eigenvalue weighted by molar-refractivity contribution is 0.101. The van der Waals surface area contributed by atoms with Crippen molar-refractivity contribution in [3.63, 3.8) is 0 Å². The molecule has 0 saturated carbocycles. The maximum Gasteiger partial charge on any atom is 0.160 e. The van der Waals surface area contributed by atoms with Crippen molar-refractivity contribution in [2.24, 2.45) is 0 Å². The molecule has 0 fully saturated rings. The molecule has 1 aromatic carbocycles. The zero-order chi connectivity index (χ0) is 14.7. The van der Waals surface area contributed by atoms with Gasteiger partial charge in [-0.25, -0.2) is 0 Å². The smallest absolute Gasteiger partial charge is 0.160 e. The van der Waals surface area contributed by atoms with Gasteiger partial charge in [-0.1, -0.05) is 13.8 Å². The maximum absolute atomic E-state index is 11.8. The van der Waals surface area contributed by atoms with Crippen LogP contribution >= 0.6 is 0 Å². The Hall–Kier alpha value is -1.77. The van der Waals surface area contributed by atoms with E-state index in [9.17, 15) is 14.4 Å². The van der Waals surface area contributed by atoms with Gasteiger partial charge in [0.25, 0.3) is 0 Å². The van der Waals surface area contributed by atoms with Crippen LogP contribution in [0.15, 0.2) is 12.1 Å². The molecule has 1 rings (SSSR count). The first-order chi connectivity index (χ1) is 8.73. The highest BCUT2D eigenvalue weighted by Crippen LogP contribution is 2.23. The third-order valence-electron chi connectivity index (χ3n) is 2.95. The number of carbonyl (C=O) groups is 3. The van der Waals surface area contributed by atoms with E-state index in [4.69, 9.17) is 0 Å². The SMILES string of the molecule is C[C](C)Cc1c(C(C)=O)cc(C(C)=O)cc1C(C)=O. The second-order valence-electron chi connectivity index (χ2n) is 5.10. The van der Waals surface area contributed by atoms with Crippen molar-refractivity contribution < 1.29 is 14.4 Å². The van der Waals surface area contributed by atoms with Gasteiger partial charge in [-0.3, -0.25) is 14.4 Å². The zero-order valence-corrected chi connectivity index (χ0v) is 12.1. The summed E-state index contributed by atoms with van der Waals surface area (Å²) in [4.78, 5) is 35.0. The highest BCUT2D eigenvalue weighted by Gasteiger charge is 2.19. The molecule has 101 valence electrons. The van der Waals surface area contributed by atoms with Gasteiger partial charge in [-0.05, 0) is 50.8 Å². The van der Waals surface area contributed by atoms with Crippen LogP contribution in [0.2, 0.25) is 0 Å². The number of ketones is 3. The van der Waals surface area contributed by atoms with Crippen molar-refractivity contribution in [3.8, 4) is 0 Å². The van der Waals surface area contributed by atoms with Gasteiger partial charge >= 0.3 is 0 Å². The standard InChI is InChI=1S/C16H19O3/c1-9(2)6-16-14(11(4)18)7-13(10(3)17)8-15(16)12(5)19/h7-8H,6H2,1-5H3. The van der Waals surface area contributed by atoms with Gasteiger partial charge in [0.1, 0.15) is 0 Å². The predicted molar refractivity (Wildman–Crippen MR) is 74.8 cm³/mol. The van der Waals surface area contributed by atoms with E-state index >= 15 is 0 Å². The summed E-state index contributed by atoms with van der Waals surface area (Å²) in [6.45, 7) is 8.24. The second kappa shape index (κ2) is 5.91. The number of hydrogen-bond acceptors (Lipinski definition) is 3. The lowest BCUT2D eigenvalue weighted by atomic mass is 9.88. The summed E-state index contributed by atoms with van der Waals surface area (Å²) < 4.78 is 0. The Kier molecular flexibility index (Phi) is 4.76. The summed E-state index contributed by atoms with van der Waals surface area (Å²) in [6, 6.07) is 3.19. The van der Waals surface area contributed by atoms with Gasteiger partial charge in [0.05, 0.1) is 0 Å². The van der Waals surface area contributed by atoms with Gasteiger partial charge in [-0.15, -0.1) is 0 Å². The monoisotopic (exact) mass is 259 g/mol. The molecular weight excluding hydrogens is 240 g/mol. The van der Waals surface area contributed by atoms with Crippen LogP contribution in [0.5, 0.6) is 0 Å². The van der Waals surface area contributed by atoms with E-state index in [0.29, 0.717) is 23.1 Å². The van der Waals surface area contributed by atoms with Crippen molar-refractivity contribution in [3.05, 3.63) is 40.3 Å². The maximum atomic E-state index is 11.8. The number of carbonyl (C=O) groups excluding carboxylic acids is 3. The van der Waals surface area contributed by atoms with Crippen molar-refractivity contribution in [2.45, 2.75) is 41.0 Å². The zero-order valence-electron chi connectivity index (χ0n) is 12.1. The van der Waals surface area contributed by atoms with Crippen LogP contribution in [0.1, 0.15) is 71.3 Å². The Bertz CT molecular complexity index is 504. The average molecular weight is 259 g/mol. The fourth-order valence-electron chi connectivity index (χ4n) is 2.05. The first kappa shape index (κ1) is 15.3. The first-order valence-electron chi connectivity index (χ1n) is 6.22. The largest absolute Gasteiger partial charge is 0.295 e. The quantitative estimate of drug-likeness (QED) is 0.761. The molecule has 0 saturated heterocycles. The molecule has 0 heterocycles. The summed E-state index contributed by atoms with van der Waals surface area (Å²) in [5.41, 5.74) is 2.08. The highest BCUT2D eigenvalue weighted by atomic mass is 16.1. The minimum atomic E-state index is -0.145. The van der Waals surface area contributed by atoms with Gasteiger partial charge in [0.2, 0.25) is 0 Å². The van der Waals surface area contributed by atoms with Crippen molar-refractivity contribution >= 4 is 17.3 Å². The third-order valence-corrected chi connectivity index (χ3v) is 2.95. The second-order valence-corrected chi connectivity index (χ2v) is 5.10. The van der Waals surface area contributed by atoms with E-state index < -0.39 is 0 Å².